The van der Waals surface area contributed by atoms with Crippen molar-refractivity contribution in [2.45, 2.75) is 19.4 Å². The summed E-state index contributed by atoms with van der Waals surface area (Å²) in [5.74, 6) is 1.24. The molecule has 5 heteroatoms. The molecule has 0 spiro atoms. The van der Waals surface area contributed by atoms with Crippen LogP contribution in [-0.2, 0) is 4.79 Å². The van der Waals surface area contributed by atoms with Crippen LogP contribution in [0.1, 0.15) is 13.8 Å². The quantitative estimate of drug-likeness (QED) is 0.901. The molecule has 20 heavy (non-hydrogen) atoms. The standard InChI is InChI=1S/C15H22N2O3/c1-15(2)11-17(9-8-16-15)14(18)10-20-13-7-5-4-6-12(13)19-3/h4-7,16H,8-11H2,1-3H3. The van der Waals surface area contributed by atoms with Crippen molar-refractivity contribution in [1.29, 1.82) is 0 Å². The van der Waals surface area contributed by atoms with Crippen LogP contribution < -0.4 is 14.8 Å². The van der Waals surface area contributed by atoms with E-state index in [-0.39, 0.29) is 18.1 Å². The normalized spacial score (nSPS) is 17.6. The summed E-state index contributed by atoms with van der Waals surface area (Å²) in [5.41, 5.74) is -0.0433. The number of rotatable bonds is 4. The van der Waals surface area contributed by atoms with Gasteiger partial charge in [-0.1, -0.05) is 12.1 Å². The van der Waals surface area contributed by atoms with Crippen molar-refractivity contribution in [3.8, 4) is 11.5 Å². The fraction of sp³-hybridized carbons (Fsp3) is 0.533. The van der Waals surface area contributed by atoms with Crippen molar-refractivity contribution in [3.63, 3.8) is 0 Å². The molecule has 0 aromatic heterocycles. The molecule has 0 aliphatic carbocycles. The van der Waals surface area contributed by atoms with Gasteiger partial charge in [0.05, 0.1) is 7.11 Å². The van der Waals surface area contributed by atoms with Crippen molar-refractivity contribution in [1.82, 2.24) is 10.2 Å². The maximum Gasteiger partial charge on any atom is 0.260 e. The molecule has 1 saturated heterocycles. The molecule has 2 rings (SSSR count). The fourth-order valence-corrected chi connectivity index (χ4v) is 2.32. The molecule has 1 aromatic carbocycles. The predicted molar refractivity (Wildman–Crippen MR) is 77.2 cm³/mol. The minimum Gasteiger partial charge on any atom is -0.493 e. The predicted octanol–water partition coefficient (Wildman–Crippen LogP) is 1.28. The minimum atomic E-state index is -0.0433. The summed E-state index contributed by atoms with van der Waals surface area (Å²) in [6.07, 6.45) is 0. The Balaban J connectivity index is 1.92. The zero-order valence-corrected chi connectivity index (χ0v) is 12.3. The Morgan fingerprint density at radius 3 is 2.70 bits per heavy atom. The Kier molecular flexibility index (Phi) is 4.49. The van der Waals surface area contributed by atoms with E-state index in [1.807, 2.05) is 23.1 Å². The van der Waals surface area contributed by atoms with Gasteiger partial charge in [0.25, 0.3) is 5.91 Å². The Bertz CT molecular complexity index is 474. The molecule has 1 amide bonds. The topological polar surface area (TPSA) is 50.8 Å². The molecular formula is C15H22N2O3. The van der Waals surface area contributed by atoms with Gasteiger partial charge in [0.1, 0.15) is 0 Å². The summed E-state index contributed by atoms with van der Waals surface area (Å²) in [6.45, 7) is 6.45. The van der Waals surface area contributed by atoms with Crippen molar-refractivity contribution in [3.05, 3.63) is 24.3 Å². The summed E-state index contributed by atoms with van der Waals surface area (Å²) in [5, 5.41) is 3.38. The first-order valence-corrected chi connectivity index (χ1v) is 6.80. The van der Waals surface area contributed by atoms with Crippen LogP contribution in [0.2, 0.25) is 0 Å². The summed E-state index contributed by atoms with van der Waals surface area (Å²) in [6, 6.07) is 7.34. The number of nitrogens with zero attached hydrogens (tertiary/aromatic N) is 1. The highest BCUT2D eigenvalue weighted by Gasteiger charge is 2.28. The van der Waals surface area contributed by atoms with E-state index >= 15 is 0 Å². The number of hydrogen-bond donors (Lipinski definition) is 1. The van der Waals surface area contributed by atoms with Crippen LogP contribution in [-0.4, -0.2) is 49.7 Å². The highest BCUT2D eigenvalue weighted by Crippen LogP contribution is 2.25. The molecule has 1 N–H and O–H groups in total. The van der Waals surface area contributed by atoms with Crippen molar-refractivity contribution in [2.24, 2.45) is 0 Å². The maximum absolute atomic E-state index is 12.2. The van der Waals surface area contributed by atoms with Crippen LogP contribution in [0.5, 0.6) is 11.5 Å². The third-order valence-electron chi connectivity index (χ3n) is 3.34. The Hall–Kier alpha value is -1.75. The highest BCUT2D eigenvalue weighted by atomic mass is 16.5. The number of amides is 1. The van der Waals surface area contributed by atoms with Crippen LogP contribution >= 0.6 is 0 Å². The number of piperazine rings is 1. The number of methoxy groups -OCH3 is 1. The maximum atomic E-state index is 12.2. The van der Waals surface area contributed by atoms with Crippen LogP contribution in [0.4, 0.5) is 0 Å². The molecule has 1 fully saturated rings. The number of nitrogens with one attached hydrogen (secondary N) is 1. The van der Waals surface area contributed by atoms with Crippen molar-refractivity contribution >= 4 is 5.91 Å². The van der Waals surface area contributed by atoms with E-state index in [1.165, 1.54) is 0 Å². The van der Waals surface area contributed by atoms with Gasteiger partial charge in [0, 0.05) is 25.2 Å². The summed E-state index contributed by atoms with van der Waals surface area (Å²) in [7, 11) is 1.59. The lowest BCUT2D eigenvalue weighted by Gasteiger charge is -2.39. The zero-order chi connectivity index (χ0) is 14.6. The third-order valence-corrected chi connectivity index (χ3v) is 3.34. The van der Waals surface area contributed by atoms with Gasteiger partial charge in [-0.15, -0.1) is 0 Å². The molecule has 0 bridgehead atoms. The van der Waals surface area contributed by atoms with E-state index in [0.717, 1.165) is 13.1 Å². The van der Waals surface area contributed by atoms with Gasteiger partial charge in [-0.25, -0.2) is 0 Å². The van der Waals surface area contributed by atoms with Gasteiger partial charge in [-0.05, 0) is 26.0 Å². The molecule has 1 aliphatic rings. The number of carbonyl (C=O) groups is 1. The number of ether oxygens (including phenoxy) is 2. The van der Waals surface area contributed by atoms with Gasteiger partial charge in [-0.3, -0.25) is 4.79 Å². The Morgan fingerprint density at radius 2 is 2.05 bits per heavy atom. The van der Waals surface area contributed by atoms with Crippen LogP contribution in [0, 0.1) is 0 Å². The summed E-state index contributed by atoms with van der Waals surface area (Å²) >= 11 is 0. The molecule has 0 radical (unpaired) electrons. The number of hydrogen-bond acceptors (Lipinski definition) is 4. The van der Waals surface area contributed by atoms with E-state index in [2.05, 4.69) is 19.2 Å². The summed E-state index contributed by atoms with van der Waals surface area (Å²) < 4.78 is 10.8. The van der Waals surface area contributed by atoms with Gasteiger partial charge < -0.3 is 19.7 Å². The Morgan fingerprint density at radius 1 is 1.35 bits per heavy atom. The monoisotopic (exact) mass is 278 g/mol. The number of para-hydroxylation sites is 2. The first-order chi connectivity index (χ1) is 9.52. The molecule has 1 heterocycles. The molecular weight excluding hydrogens is 256 g/mol. The molecule has 5 nitrogen and oxygen atoms in total. The van der Waals surface area contributed by atoms with E-state index in [9.17, 15) is 4.79 Å². The van der Waals surface area contributed by atoms with Gasteiger partial charge in [-0.2, -0.15) is 0 Å². The minimum absolute atomic E-state index is 0.00508. The first-order valence-electron chi connectivity index (χ1n) is 6.80. The largest absolute Gasteiger partial charge is 0.493 e. The van der Waals surface area contributed by atoms with E-state index in [4.69, 9.17) is 9.47 Å². The third kappa shape index (κ3) is 3.63. The molecule has 110 valence electrons. The van der Waals surface area contributed by atoms with E-state index in [0.29, 0.717) is 18.0 Å². The molecule has 0 saturated carbocycles. The van der Waals surface area contributed by atoms with Gasteiger partial charge in [0.2, 0.25) is 0 Å². The number of carbonyl (C=O) groups excluding carboxylic acids is 1. The fourth-order valence-electron chi connectivity index (χ4n) is 2.32. The van der Waals surface area contributed by atoms with Crippen molar-refractivity contribution < 1.29 is 14.3 Å². The Labute approximate surface area is 119 Å². The number of benzene rings is 1. The van der Waals surface area contributed by atoms with Crippen LogP contribution in [0.25, 0.3) is 0 Å². The highest BCUT2D eigenvalue weighted by molar-refractivity contribution is 5.78. The van der Waals surface area contributed by atoms with E-state index < -0.39 is 0 Å². The van der Waals surface area contributed by atoms with Crippen molar-refractivity contribution in [2.75, 3.05) is 33.4 Å². The lowest BCUT2D eigenvalue weighted by Crippen LogP contribution is -2.59. The second-order valence-corrected chi connectivity index (χ2v) is 5.57. The van der Waals surface area contributed by atoms with Gasteiger partial charge >= 0.3 is 0 Å². The SMILES string of the molecule is COc1ccccc1OCC(=O)N1CCNC(C)(C)C1. The summed E-state index contributed by atoms with van der Waals surface area (Å²) in [4.78, 5) is 14.0. The lowest BCUT2D eigenvalue weighted by atomic mass is 10.0. The second kappa shape index (κ2) is 6.13. The molecule has 0 unspecified atom stereocenters. The average Bonchev–Trinajstić information content (AvgIpc) is 2.44. The first kappa shape index (κ1) is 14.7. The average molecular weight is 278 g/mol. The zero-order valence-electron chi connectivity index (χ0n) is 12.3. The lowest BCUT2D eigenvalue weighted by molar-refractivity contribution is -0.135. The van der Waals surface area contributed by atoms with E-state index in [1.54, 1.807) is 13.2 Å². The molecule has 1 aromatic rings. The smallest absolute Gasteiger partial charge is 0.260 e. The molecule has 1 aliphatic heterocycles. The second-order valence-electron chi connectivity index (χ2n) is 5.57. The van der Waals surface area contributed by atoms with Crippen LogP contribution in [0.3, 0.4) is 0 Å². The van der Waals surface area contributed by atoms with Crippen LogP contribution in [0.15, 0.2) is 24.3 Å². The molecule has 0 atom stereocenters. The van der Waals surface area contributed by atoms with Gasteiger partial charge in [0.15, 0.2) is 18.1 Å².